The van der Waals surface area contributed by atoms with Gasteiger partial charge in [-0.25, -0.2) is 0 Å². The molecule has 2 bridgehead atoms. The summed E-state index contributed by atoms with van der Waals surface area (Å²) in [6, 6.07) is 0. The molecular formula is C28H32O12. The highest BCUT2D eigenvalue weighted by molar-refractivity contribution is 6.30. The van der Waals surface area contributed by atoms with Crippen LogP contribution in [-0.4, -0.2) is 91.6 Å². The Morgan fingerprint density at radius 2 is 1.73 bits per heavy atom. The Labute approximate surface area is 229 Å². The number of phenolic OH excluding ortho intramolecular Hbond substituents is 2. The lowest BCUT2D eigenvalue weighted by atomic mass is 9.63. The molecule has 12 nitrogen and oxygen atoms in total. The molecule has 1 aromatic carbocycles. The van der Waals surface area contributed by atoms with Crippen LogP contribution in [-0.2, 0) is 30.2 Å². The first-order valence-electron chi connectivity index (χ1n) is 13.5. The Morgan fingerprint density at radius 3 is 2.40 bits per heavy atom. The number of hydrogen-bond donors (Lipinski definition) is 5. The van der Waals surface area contributed by atoms with Gasteiger partial charge >= 0.3 is 5.97 Å². The molecule has 9 atom stereocenters. The molecule has 5 N–H and O–H groups in total. The van der Waals surface area contributed by atoms with Crippen LogP contribution < -0.4 is 0 Å². The highest BCUT2D eigenvalue weighted by Gasteiger charge is 2.63. The van der Waals surface area contributed by atoms with E-state index in [4.69, 9.17) is 18.9 Å². The number of benzene rings is 1. The number of fused-ring (bicyclic) bond motifs is 4. The number of phenols is 2. The van der Waals surface area contributed by atoms with Crippen LogP contribution in [0.4, 0.5) is 0 Å². The third-order valence-corrected chi connectivity index (χ3v) is 8.97. The number of carboxylic acids is 1. The Balaban J connectivity index is 1.43. The molecule has 1 aromatic rings. The number of aliphatic hydroxyl groups is 2. The fourth-order valence-electron chi connectivity index (χ4n) is 7.00. The van der Waals surface area contributed by atoms with Gasteiger partial charge in [0.1, 0.15) is 17.1 Å². The van der Waals surface area contributed by atoms with Crippen molar-refractivity contribution in [2.24, 2.45) is 0 Å². The van der Waals surface area contributed by atoms with Crippen LogP contribution in [0.15, 0.2) is 11.1 Å². The maximum atomic E-state index is 14.1. The standard InChI is InChI=1S/C28H32O12/c1-9-14(29)4-5-18(38-9)40-16-8-15-20-23(28(16,36)11(3)39-15)27(35)22-21(26(20)34)24(32)13-6-12(7-17(30)31)37-10(2)19(13)25(22)33/h9-12,14-16,18,29,32-33,36H,4-8H2,1-3H3,(H,30,31)/t9-,10+,11+,12+,14+,15+,16-,18+,28+/m1/s1. The van der Waals surface area contributed by atoms with Crippen LogP contribution in [0, 0.1) is 0 Å². The van der Waals surface area contributed by atoms with E-state index in [0.717, 1.165) is 0 Å². The number of Topliss-reactive ketones (excluding diaryl/α,β-unsaturated/α-hetero) is 2. The number of aliphatic carboxylic acids is 1. The average Bonchev–Trinajstić information content (AvgIpc) is 2.87. The summed E-state index contributed by atoms with van der Waals surface area (Å²) in [6.07, 6.45) is -6.08. The monoisotopic (exact) mass is 560 g/mol. The summed E-state index contributed by atoms with van der Waals surface area (Å²) in [5.74, 6) is -3.76. The van der Waals surface area contributed by atoms with E-state index >= 15 is 0 Å². The van der Waals surface area contributed by atoms with E-state index in [9.17, 15) is 39.9 Å². The number of carbonyl (C=O) groups is 3. The Bertz CT molecular complexity index is 1350. The first-order chi connectivity index (χ1) is 18.8. The molecular weight excluding hydrogens is 528 g/mol. The van der Waals surface area contributed by atoms with Gasteiger partial charge in [0, 0.05) is 41.5 Å². The molecule has 2 fully saturated rings. The summed E-state index contributed by atoms with van der Waals surface area (Å²) in [4.78, 5) is 39.3. The third-order valence-electron chi connectivity index (χ3n) is 8.97. The highest BCUT2D eigenvalue weighted by atomic mass is 16.7. The molecule has 0 aromatic heterocycles. The van der Waals surface area contributed by atoms with E-state index in [1.807, 2.05) is 0 Å². The van der Waals surface area contributed by atoms with Crippen molar-refractivity contribution >= 4 is 17.5 Å². The topological polar surface area (TPSA) is 189 Å². The number of hydrogen-bond acceptors (Lipinski definition) is 11. The van der Waals surface area contributed by atoms with Crippen molar-refractivity contribution in [3.63, 3.8) is 0 Å². The minimum absolute atomic E-state index is 0.0358. The second-order valence-corrected chi connectivity index (χ2v) is 11.4. The van der Waals surface area contributed by atoms with Gasteiger partial charge in [-0.15, -0.1) is 0 Å². The lowest BCUT2D eigenvalue weighted by Gasteiger charge is -2.54. The summed E-state index contributed by atoms with van der Waals surface area (Å²) in [5, 5.41) is 53.9. The van der Waals surface area contributed by atoms with Crippen LogP contribution in [0.2, 0.25) is 0 Å². The second-order valence-electron chi connectivity index (χ2n) is 11.4. The molecule has 0 spiro atoms. The van der Waals surface area contributed by atoms with Gasteiger partial charge in [0.15, 0.2) is 17.9 Å². The predicted octanol–water partition coefficient (Wildman–Crippen LogP) is 1.44. The molecule has 0 radical (unpaired) electrons. The summed E-state index contributed by atoms with van der Waals surface area (Å²) in [6.45, 7) is 4.83. The number of carboxylic acid groups (broad SMARTS) is 1. The number of aromatic hydroxyl groups is 2. The zero-order valence-electron chi connectivity index (χ0n) is 22.2. The molecule has 4 aliphatic heterocycles. The number of carbonyl (C=O) groups excluding carboxylic acids is 2. The van der Waals surface area contributed by atoms with Gasteiger partial charge in [-0.3, -0.25) is 14.4 Å². The molecule has 40 heavy (non-hydrogen) atoms. The Morgan fingerprint density at radius 1 is 1.02 bits per heavy atom. The lowest BCUT2D eigenvalue weighted by Crippen LogP contribution is -2.67. The predicted molar refractivity (Wildman–Crippen MR) is 133 cm³/mol. The van der Waals surface area contributed by atoms with Crippen LogP contribution >= 0.6 is 0 Å². The van der Waals surface area contributed by atoms with Crippen molar-refractivity contribution in [2.45, 2.75) is 107 Å². The Kier molecular flexibility index (Phi) is 6.37. The molecule has 0 unspecified atom stereocenters. The normalized spacial score (nSPS) is 38.6. The molecule has 6 aliphatic rings. The summed E-state index contributed by atoms with van der Waals surface area (Å²) < 4.78 is 23.6. The third kappa shape index (κ3) is 3.77. The van der Waals surface area contributed by atoms with Gasteiger partial charge < -0.3 is 44.5 Å². The van der Waals surface area contributed by atoms with E-state index in [0.29, 0.717) is 12.8 Å². The van der Waals surface area contributed by atoms with Crippen molar-refractivity contribution in [1.82, 2.24) is 0 Å². The highest BCUT2D eigenvalue weighted by Crippen LogP contribution is 2.55. The minimum atomic E-state index is -2.07. The first kappa shape index (κ1) is 27.3. The summed E-state index contributed by atoms with van der Waals surface area (Å²) in [5.41, 5.74) is -3.00. The number of aliphatic hydroxyl groups excluding tert-OH is 1. The molecule has 2 saturated heterocycles. The smallest absolute Gasteiger partial charge is 0.305 e. The molecule has 0 saturated carbocycles. The second kappa shape index (κ2) is 9.33. The zero-order chi connectivity index (χ0) is 28.8. The van der Waals surface area contributed by atoms with Gasteiger partial charge in [-0.2, -0.15) is 0 Å². The van der Waals surface area contributed by atoms with E-state index < -0.39 is 94.8 Å². The fourth-order valence-corrected chi connectivity index (χ4v) is 7.00. The van der Waals surface area contributed by atoms with Crippen LogP contribution in [0.3, 0.4) is 0 Å². The Hall–Kier alpha value is -2.87. The van der Waals surface area contributed by atoms with E-state index in [2.05, 4.69) is 0 Å². The molecule has 12 heteroatoms. The number of ether oxygens (including phenoxy) is 4. The van der Waals surface area contributed by atoms with Crippen molar-refractivity contribution in [2.75, 3.05) is 0 Å². The molecule has 4 heterocycles. The average molecular weight is 561 g/mol. The zero-order valence-corrected chi connectivity index (χ0v) is 22.2. The van der Waals surface area contributed by atoms with Crippen LogP contribution in [0.1, 0.15) is 84.4 Å². The van der Waals surface area contributed by atoms with Crippen LogP contribution in [0.5, 0.6) is 11.5 Å². The van der Waals surface area contributed by atoms with Gasteiger partial charge in [0.25, 0.3) is 0 Å². The van der Waals surface area contributed by atoms with Crippen LogP contribution in [0.25, 0.3) is 0 Å². The van der Waals surface area contributed by atoms with E-state index in [1.165, 1.54) is 0 Å². The van der Waals surface area contributed by atoms with Gasteiger partial charge in [0.2, 0.25) is 0 Å². The molecule has 2 aliphatic carbocycles. The minimum Gasteiger partial charge on any atom is -0.507 e. The fraction of sp³-hybridized carbons (Fsp3) is 0.607. The largest absolute Gasteiger partial charge is 0.507 e. The number of rotatable bonds is 4. The van der Waals surface area contributed by atoms with Gasteiger partial charge in [0.05, 0.1) is 60.3 Å². The lowest BCUT2D eigenvalue weighted by molar-refractivity contribution is -0.291. The SMILES string of the molecule is C[C@@H]1O[C@H](CC(=O)O)Cc2c(O)c3c(c(O)c21)C(=O)C1=C(C3=O)[C@@H]2C[C@@H](O[C@H]3CC[C@H](O)[C@@H](C)O3)[C@@]1(O)[C@H](C)O2. The van der Waals surface area contributed by atoms with E-state index in [1.54, 1.807) is 20.8 Å². The van der Waals surface area contributed by atoms with Gasteiger partial charge in [-0.05, 0) is 27.2 Å². The van der Waals surface area contributed by atoms with Gasteiger partial charge in [-0.1, -0.05) is 0 Å². The first-order valence-corrected chi connectivity index (χ1v) is 13.5. The van der Waals surface area contributed by atoms with Crippen molar-refractivity contribution in [1.29, 1.82) is 0 Å². The number of ketones is 2. The molecule has 216 valence electrons. The molecule has 7 rings (SSSR count). The van der Waals surface area contributed by atoms with E-state index in [-0.39, 0.29) is 41.5 Å². The summed E-state index contributed by atoms with van der Waals surface area (Å²) in [7, 11) is 0. The quantitative estimate of drug-likeness (QED) is 0.334. The van der Waals surface area contributed by atoms with Crippen molar-refractivity contribution in [3.05, 3.63) is 33.4 Å². The van der Waals surface area contributed by atoms with Crippen molar-refractivity contribution in [3.8, 4) is 11.5 Å². The summed E-state index contributed by atoms with van der Waals surface area (Å²) >= 11 is 0. The maximum Gasteiger partial charge on any atom is 0.305 e. The van der Waals surface area contributed by atoms with Crippen molar-refractivity contribution < 1.29 is 58.9 Å². The maximum absolute atomic E-state index is 14.1. The molecule has 0 amide bonds.